The Kier molecular flexibility index (Phi) is 8.38. The molecule has 0 spiro atoms. The fourth-order valence-corrected chi connectivity index (χ4v) is 2.72. The minimum absolute atomic E-state index is 0. The molecule has 2 rings (SSSR count). The summed E-state index contributed by atoms with van der Waals surface area (Å²) in [5.74, 6) is 0.550. The third-order valence-corrected chi connectivity index (χ3v) is 3.86. The zero-order valence-electron chi connectivity index (χ0n) is 12.8. The van der Waals surface area contributed by atoms with Crippen molar-refractivity contribution in [3.05, 3.63) is 18.0 Å². The summed E-state index contributed by atoms with van der Waals surface area (Å²) in [6.07, 6.45) is 7.57. The van der Waals surface area contributed by atoms with Gasteiger partial charge in [-0.2, -0.15) is 5.10 Å². The van der Waals surface area contributed by atoms with Crippen LogP contribution in [0.15, 0.2) is 12.3 Å². The van der Waals surface area contributed by atoms with E-state index in [-0.39, 0.29) is 18.3 Å². The molecule has 0 saturated carbocycles. The standard InChI is InChI=1S/C15H26N4O.ClH/c1-2-3-4-9-17-15(20)12-19-14(7-10-18-19)13-6-5-8-16-11-13;/h7,10,13,16H,2-6,8-9,11-12H2,1H3,(H,17,20);1H. The monoisotopic (exact) mass is 314 g/mol. The van der Waals surface area contributed by atoms with Crippen LogP contribution in [0.1, 0.15) is 50.6 Å². The van der Waals surface area contributed by atoms with Crippen molar-refractivity contribution in [1.82, 2.24) is 20.4 Å². The quantitative estimate of drug-likeness (QED) is 0.758. The van der Waals surface area contributed by atoms with Crippen molar-refractivity contribution in [2.75, 3.05) is 19.6 Å². The lowest BCUT2D eigenvalue weighted by Gasteiger charge is -2.23. The van der Waals surface area contributed by atoms with Crippen LogP contribution in [-0.2, 0) is 11.3 Å². The summed E-state index contributed by atoms with van der Waals surface area (Å²) in [5, 5.41) is 10.7. The molecular weight excluding hydrogens is 288 g/mol. The average molecular weight is 315 g/mol. The molecule has 1 aromatic rings. The molecule has 0 aliphatic carbocycles. The van der Waals surface area contributed by atoms with E-state index in [1.807, 2.05) is 10.7 Å². The van der Waals surface area contributed by atoms with Crippen LogP contribution in [0.2, 0.25) is 0 Å². The van der Waals surface area contributed by atoms with Gasteiger partial charge in [0.15, 0.2) is 0 Å². The Morgan fingerprint density at radius 1 is 1.52 bits per heavy atom. The molecule has 0 bridgehead atoms. The number of unbranched alkanes of at least 4 members (excludes halogenated alkanes) is 2. The summed E-state index contributed by atoms with van der Waals surface area (Å²) in [6, 6.07) is 2.04. The molecule has 0 aromatic carbocycles. The van der Waals surface area contributed by atoms with E-state index >= 15 is 0 Å². The van der Waals surface area contributed by atoms with Crippen LogP contribution in [0, 0.1) is 0 Å². The van der Waals surface area contributed by atoms with Crippen molar-refractivity contribution < 1.29 is 4.79 Å². The maximum Gasteiger partial charge on any atom is 0.241 e. The Morgan fingerprint density at radius 3 is 3.10 bits per heavy atom. The van der Waals surface area contributed by atoms with Crippen LogP contribution in [0.3, 0.4) is 0 Å². The van der Waals surface area contributed by atoms with E-state index in [4.69, 9.17) is 0 Å². The van der Waals surface area contributed by atoms with Gasteiger partial charge in [-0.15, -0.1) is 12.4 Å². The van der Waals surface area contributed by atoms with E-state index in [2.05, 4.69) is 22.7 Å². The van der Waals surface area contributed by atoms with Gasteiger partial charge in [0.25, 0.3) is 0 Å². The number of carbonyl (C=O) groups is 1. The summed E-state index contributed by atoms with van der Waals surface area (Å²) in [5.41, 5.74) is 1.18. The van der Waals surface area contributed by atoms with Crippen molar-refractivity contribution in [3.8, 4) is 0 Å². The van der Waals surface area contributed by atoms with Gasteiger partial charge < -0.3 is 10.6 Å². The second-order valence-corrected chi connectivity index (χ2v) is 5.51. The minimum atomic E-state index is 0. The predicted octanol–water partition coefficient (Wildman–Crippen LogP) is 2.08. The Balaban J connectivity index is 0.00000220. The third kappa shape index (κ3) is 5.67. The van der Waals surface area contributed by atoms with Crippen molar-refractivity contribution in [2.24, 2.45) is 0 Å². The molecule has 1 amide bonds. The van der Waals surface area contributed by atoms with Gasteiger partial charge in [-0.05, 0) is 31.9 Å². The summed E-state index contributed by atoms with van der Waals surface area (Å²) >= 11 is 0. The Bertz CT molecular complexity index is 416. The Morgan fingerprint density at radius 2 is 2.38 bits per heavy atom. The number of hydrogen-bond acceptors (Lipinski definition) is 3. The number of piperidine rings is 1. The average Bonchev–Trinajstić information content (AvgIpc) is 2.92. The molecule has 1 atom stereocenters. The van der Waals surface area contributed by atoms with E-state index in [0.29, 0.717) is 12.5 Å². The number of hydrogen-bond donors (Lipinski definition) is 2. The van der Waals surface area contributed by atoms with E-state index in [1.165, 1.54) is 31.4 Å². The zero-order chi connectivity index (χ0) is 14.2. The first kappa shape index (κ1) is 18.0. The SMILES string of the molecule is CCCCCNC(=O)Cn1nccc1C1CCCNC1.Cl. The topological polar surface area (TPSA) is 59.0 Å². The van der Waals surface area contributed by atoms with Gasteiger partial charge in [-0.1, -0.05) is 19.8 Å². The van der Waals surface area contributed by atoms with Crippen LogP contribution < -0.4 is 10.6 Å². The second-order valence-electron chi connectivity index (χ2n) is 5.51. The van der Waals surface area contributed by atoms with Crippen LogP contribution in [0.5, 0.6) is 0 Å². The first-order valence-electron chi connectivity index (χ1n) is 7.80. The Labute approximate surface area is 133 Å². The molecule has 2 heterocycles. The highest BCUT2D eigenvalue weighted by atomic mass is 35.5. The number of nitrogens with one attached hydrogen (secondary N) is 2. The number of halogens is 1. The van der Waals surface area contributed by atoms with Crippen molar-refractivity contribution in [3.63, 3.8) is 0 Å². The van der Waals surface area contributed by atoms with Crippen molar-refractivity contribution in [1.29, 1.82) is 0 Å². The minimum Gasteiger partial charge on any atom is -0.354 e. The third-order valence-electron chi connectivity index (χ3n) is 3.86. The second kappa shape index (κ2) is 9.79. The van der Waals surface area contributed by atoms with Gasteiger partial charge >= 0.3 is 0 Å². The molecule has 5 nitrogen and oxygen atoms in total. The lowest BCUT2D eigenvalue weighted by Crippen LogP contribution is -2.32. The Hall–Kier alpha value is -1.07. The number of amides is 1. The zero-order valence-corrected chi connectivity index (χ0v) is 13.6. The van der Waals surface area contributed by atoms with Crippen molar-refractivity contribution in [2.45, 2.75) is 51.5 Å². The summed E-state index contributed by atoms with van der Waals surface area (Å²) in [6.45, 7) is 5.36. The van der Waals surface area contributed by atoms with E-state index in [1.54, 1.807) is 6.20 Å². The molecule has 6 heteroatoms. The lowest BCUT2D eigenvalue weighted by molar-refractivity contribution is -0.121. The van der Waals surface area contributed by atoms with E-state index < -0.39 is 0 Å². The summed E-state index contributed by atoms with van der Waals surface area (Å²) in [4.78, 5) is 11.9. The fraction of sp³-hybridized carbons (Fsp3) is 0.733. The van der Waals surface area contributed by atoms with Crippen LogP contribution >= 0.6 is 12.4 Å². The van der Waals surface area contributed by atoms with Crippen LogP contribution in [0.4, 0.5) is 0 Å². The smallest absolute Gasteiger partial charge is 0.241 e. The van der Waals surface area contributed by atoms with Gasteiger partial charge in [-0.3, -0.25) is 9.48 Å². The molecule has 1 unspecified atom stereocenters. The molecule has 1 aliphatic heterocycles. The first-order valence-corrected chi connectivity index (χ1v) is 7.80. The molecule has 0 radical (unpaired) electrons. The van der Waals surface area contributed by atoms with Gasteiger partial charge in [0.2, 0.25) is 5.91 Å². The van der Waals surface area contributed by atoms with E-state index in [9.17, 15) is 4.79 Å². The first-order chi connectivity index (χ1) is 9.81. The highest BCUT2D eigenvalue weighted by Crippen LogP contribution is 2.22. The molecule has 21 heavy (non-hydrogen) atoms. The molecule has 120 valence electrons. The fourth-order valence-electron chi connectivity index (χ4n) is 2.72. The summed E-state index contributed by atoms with van der Waals surface area (Å²) < 4.78 is 1.85. The van der Waals surface area contributed by atoms with E-state index in [0.717, 1.165) is 26.1 Å². The van der Waals surface area contributed by atoms with Gasteiger partial charge in [0.05, 0.1) is 0 Å². The van der Waals surface area contributed by atoms with Crippen LogP contribution in [0.25, 0.3) is 0 Å². The maximum absolute atomic E-state index is 11.9. The molecular formula is C15H27ClN4O. The molecule has 2 N–H and O–H groups in total. The molecule has 1 fully saturated rings. The number of rotatable bonds is 7. The molecule has 1 aliphatic rings. The van der Waals surface area contributed by atoms with Gasteiger partial charge in [-0.25, -0.2) is 0 Å². The number of aromatic nitrogens is 2. The van der Waals surface area contributed by atoms with Gasteiger partial charge in [0.1, 0.15) is 6.54 Å². The van der Waals surface area contributed by atoms with Gasteiger partial charge in [0, 0.05) is 30.9 Å². The van der Waals surface area contributed by atoms with Crippen molar-refractivity contribution >= 4 is 18.3 Å². The predicted molar refractivity (Wildman–Crippen MR) is 86.9 cm³/mol. The maximum atomic E-state index is 11.9. The number of carbonyl (C=O) groups excluding carboxylic acids is 1. The highest BCUT2D eigenvalue weighted by Gasteiger charge is 2.19. The molecule has 1 aromatic heterocycles. The highest BCUT2D eigenvalue weighted by molar-refractivity contribution is 5.85. The van der Waals surface area contributed by atoms with Crippen LogP contribution in [-0.4, -0.2) is 35.3 Å². The number of nitrogens with zero attached hydrogens (tertiary/aromatic N) is 2. The summed E-state index contributed by atoms with van der Waals surface area (Å²) in [7, 11) is 0. The normalized spacial score (nSPS) is 18.0. The molecule has 1 saturated heterocycles. The largest absolute Gasteiger partial charge is 0.354 e. The lowest BCUT2D eigenvalue weighted by atomic mass is 9.96.